The third-order valence-corrected chi connectivity index (χ3v) is 2.77. The van der Waals surface area contributed by atoms with E-state index in [1.165, 1.54) is 0 Å². The summed E-state index contributed by atoms with van der Waals surface area (Å²) in [7, 11) is 0. The van der Waals surface area contributed by atoms with E-state index in [0.717, 1.165) is 12.8 Å². The Labute approximate surface area is 80.1 Å². The zero-order valence-electron chi connectivity index (χ0n) is 8.76. The molecular formula is C10H20N2O. The first-order valence-corrected chi connectivity index (χ1v) is 5.01. The predicted molar refractivity (Wildman–Crippen MR) is 53.2 cm³/mol. The van der Waals surface area contributed by atoms with Crippen LogP contribution in [0.2, 0.25) is 0 Å². The van der Waals surface area contributed by atoms with Gasteiger partial charge in [-0.05, 0) is 32.6 Å². The Hall–Kier alpha value is -0.570. The average molecular weight is 184 g/mol. The first kappa shape index (κ1) is 10.5. The molecule has 76 valence electrons. The highest BCUT2D eigenvalue weighted by atomic mass is 16.2. The monoisotopic (exact) mass is 184 g/mol. The molecule has 1 aliphatic rings. The SMILES string of the molecule is CC1CC(CN)(C(=O)NC(C)C)C1. The van der Waals surface area contributed by atoms with E-state index in [1.807, 2.05) is 13.8 Å². The fourth-order valence-corrected chi connectivity index (χ4v) is 2.13. The van der Waals surface area contributed by atoms with Gasteiger partial charge < -0.3 is 11.1 Å². The molecule has 0 saturated heterocycles. The van der Waals surface area contributed by atoms with Gasteiger partial charge in [-0.1, -0.05) is 6.92 Å². The van der Waals surface area contributed by atoms with Crippen LogP contribution in [0.15, 0.2) is 0 Å². The lowest BCUT2D eigenvalue weighted by molar-refractivity contribution is -0.138. The predicted octanol–water partition coefficient (Wildman–Crippen LogP) is 0.886. The summed E-state index contributed by atoms with van der Waals surface area (Å²) in [6.45, 7) is 6.60. The van der Waals surface area contributed by atoms with E-state index in [-0.39, 0.29) is 17.4 Å². The Morgan fingerprint density at radius 3 is 2.46 bits per heavy atom. The van der Waals surface area contributed by atoms with Crippen LogP contribution in [0.25, 0.3) is 0 Å². The summed E-state index contributed by atoms with van der Waals surface area (Å²) in [5.41, 5.74) is 5.40. The summed E-state index contributed by atoms with van der Waals surface area (Å²) in [6, 6.07) is 0.215. The van der Waals surface area contributed by atoms with E-state index >= 15 is 0 Å². The normalized spacial score (nSPS) is 32.8. The minimum absolute atomic E-state index is 0.142. The van der Waals surface area contributed by atoms with Crippen molar-refractivity contribution in [1.29, 1.82) is 0 Å². The minimum atomic E-state index is -0.246. The zero-order valence-corrected chi connectivity index (χ0v) is 8.76. The van der Waals surface area contributed by atoms with Crippen molar-refractivity contribution in [1.82, 2.24) is 5.32 Å². The van der Waals surface area contributed by atoms with E-state index in [4.69, 9.17) is 5.73 Å². The molecule has 1 rings (SSSR count). The first-order valence-electron chi connectivity index (χ1n) is 5.01. The van der Waals surface area contributed by atoms with E-state index in [2.05, 4.69) is 12.2 Å². The van der Waals surface area contributed by atoms with Crippen LogP contribution in [-0.4, -0.2) is 18.5 Å². The van der Waals surface area contributed by atoms with Gasteiger partial charge in [0.05, 0.1) is 5.41 Å². The van der Waals surface area contributed by atoms with Crippen molar-refractivity contribution < 1.29 is 4.79 Å². The second-order valence-corrected chi connectivity index (χ2v) is 4.63. The van der Waals surface area contributed by atoms with Gasteiger partial charge in [0.1, 0.15) is 0 Å². The van der Waals surface area contributed by atoms with Crippen molar-refractivity contribution in [3.8, 4) is 0 Å². The number of carbonyl (C=O) groups excluding carboxylic acids is 1. The number of amides is 1. The van der Waals surface area contributed by atoms with Crippen molar-refractivity contribution in [2.24, 2.45) is 17.1 Å². The third kappa shape index (κ3) is 2.02. The molecule has 0 aromatic rings. The molecule has 0 aromatic carbocycles. The van der Waals surface area contributed by atoms with Crippen molar-refractivity contribution in [2.45, 2.75) is 39.7 Å². The van der Waals surface area contributed by atoms with Gasteiger partial charge in [0.15, 0.2) is 0 Å². The smallest absolute Gasteiger partial charge is 0.227 e. The highest BCUT2D eigenvalue weighted by molar-refractivity contribution is 5.84. The molecule has 3 nitrogen and oxygen atoms in total. The minimum Gasteiger partial charge on any atom is -0.353 e. The van der Waals surface area contributed by atoms with Gasteiger partial charge >= 0.3 is 0 Å². The topological polar surface area (TPSA) is 55.1 Å². The quantitative estimate of drug-likeness (QED) is 0.684. The highest BCUT2D eigenvalue weighted by Crippen LogP contribution is 2.44. The molecule has 0 radical (unpaired) electrons. The fraction of sp³-hybridized carbons (Fsp3) is 0.900. The molecule has 3 heteroatoms. The summed E-state index contributed by atoms with van der Waals surface area (Å²) in [6.07, 6.45) is 1.89. The maximum Gasteiger partial charge on any atom is 0.227 e. The van der Waals surface area contributed by atoms with E-state index < -0.39 is 0 Å². The molecule has 0 aromatic heterocycles. The lowest BCUT2D eigenvalue weighted by Crippen LogP contribution is -2.54. The number of nitrogens with one attached hydrogen (secondary N) is 1. The molecule has 1 amide bonds. The number of rotatable bonds is 3. The van der Waals surface area contributed by atoms with Crippen molar-refractivity contribution in [3.63, 3.8) is 0 Å². The van der Waals surface area contributed by atoms with Gasteiger partial charge in [0.2, 0.25) is 5.91 Å². The van der Waals surface area contributed by atoms with Crippen LogP contribution in [-0.2, 0) is 4.79 Å². The summed E-state index contributed by atoms with van der Waals surface area (Å²) < 4.78 is 0. The molecule has 1 aliphatic carbocycles. The van der Waals surface area contributed by atoms with Gasteiger partial charge in [-0.25, -0.2) is 0 Å². The van der Waals surface area contributed by atoms with Crippen molar-refractivity contribution in [2.75, 3.05) is 6.54 Å². The molecular weight excluding hydrogens is 164 g/mol. The molecule has 0 spiro atoms. The van der Waals surface area contributed by atoms with Gasteiger partial charge in [-0.2, -0.15) is 0 Å². The molecule has 1 saturated carbocycles. The fourth-order valence-electron chi connectivity index (χ4n) is 2.13. The average Bonchev–Trinajstić information content (AvgIpc) is 1.96. The Kier molecular flexibility index (Phi) is 2.96. The number of nitrogens with two attached hydrogens (primary N) is 1. The Morgan fingerprint density at radius 1 is 1.62 bits per heavy atom. The molecule has 0 bridgehead atoms. The van der Waals surface area contributed by atoms with Gasteiger partial charge in [-0.3, -0.25) is 4.79 Å². The lowest BCUT2D eigenvalue weighted by atomic mass is 9.62. The number of carbonyl (C=O) groups is 1. The molecule has 0 unspecified atom stereocenters. The summed E-state index contributed by atoms with van der Waals surface area (Å²) in [5.74, 6) is 0.796. The van der Waals surface area contributed by atoms with Crippen LogP contribution >= 0.6 is 0 Å². The Balaban J connectivity index is 2.53. The van der Waals surface area contributed by atoms with Crippen LogP contribution < -0.4 is 11.1 Å². The Bertz CT molecular complexity index is 195. The highest BCUT2D eigenvalue weighted by Gasteiger charge is 2.47. The summed E-state index contributed by atoms with van der Waals surface area (Å²) >= 11 is 0. The molecule has 3 N–H and O–H groups in total. The van der Waals surface area contributed by atoms with Crippen LogP contribution in [0.4, 0.5) is 0 Å². The van der Waals surface area contributed by atoms with Crippen LogP contribution in [0, 0.1) is 11.3 Å². The molecule has 0 atom stereocenters. The van der Waals surface area contributed by atoms with Crippen molar-refractivity contribution >= 4 is 5.91 Å². The van der Waals surface area contributed by atoms with E-state index in [1.54, 1.807) is 0 Å². The van der Waals surface area contributed by atoms with Crippen LogP contribution in [0.1, 0.15) is 33.6 Å². The third-order valence-electron chi connectivity index (χ3n) is 2.77. The maximum absolute atomic E-state index is 11.7. The standard InChI is InChI=1S/C10H20N2O/c1-7(2)12-9(13)10(6-11)4-8(3)5-10/h7-8H,4-6,11H2,1-3H3,(H,12,13). The largest absolute Gasteiger partial charge is 0.353 e. The van der Waals surface area contributed by atoms with Crippen LogP contribution in [0.3, 0.4) is 0 Å². The lowest BCUT2D eigenvalue weighted by Gasteiger charge is -2.44. The molecule has 1 fully saturated rings. The molecule has 13 heavy (non-hydrogen) atoms. The summed E-state index contributed by atoms with van der Waals surface area (Å²) in [5, 5.41) is 2.94. The zero-order chi connectivity index (χ0) is 10.1. The second kappa shape index (κ2) is 3.66. The molecule has 0 heterocycles. The van der Waals surface area contributed by atoms with Crippen LogP contribution in [0.5, 0.6) is 0 Å². The molecule has 0 aliphatic heterocycles. The van der Waals surface area contributed by atoms with Gasteiger partial charge in [-0.15, -0.1) is 0 Å². The maximum atomic E-state index is 11.7. The second-order valence-electron chi connectivity index (χ2n) is 4.63. The number of hydrogen-bond donors (Lipinski definition) is 2. The van der Waals surface area contributed by atoms with E-state index in [0.29, 0.717) is 12.5 Å². The van der Waals surface area contributed by atoms with E-state index in [9.17, 15) is 4.79 Å². The number of hydrogen-bond acceptors (Lipinski definition) is 2. The van der Waals surface area contributed by atoms with Gasteiger partial charge in [0.25, 0.3) is 0 Å². The Morgan fingerprint density at radius 2 is 2.15 bits per heavy atom. The van der Waals surface area contributed by atoms with Crippen molar-refractivity contribution in [3.05, 3.63) is 0 Å². The summed E-state index contributed by atoms with van der Waals surface area (Å²) in [4.78, 5) is 11.7. The first-order chi connectivity index (χ1) is 6.00. The van der Waals surface area contributed by atoms with Gasteiger partial charge in [0, 0.05) is 12.6 Å².